The number of pyridine rings is 1. The number of benzene rings is 1. The highest BCUT2D eigenvalue weighted by molar-refractivity contribution is 5.83. The summed E-state index contributed by atoms with van der Waals surface area (Å²) in [5, 5.41) is 14.4. The van der Waals surface area contributed by atoms with Crippen molar-refractivity contribution in [3.63, 3.8) is 0 Å². The van der Waals surface area contributed by atoms with Crippen molar-refractivity contribution < 1.29 is 5.11 Å². The average molecular weight is 226 g/mol. The summed E-state index contributed by atoms with van der Waals surface area (Å²) in [5.41, 5.74) is 1.67. The lowest BCUT2D eigenvalue weighted by molar-refractivity contribution is 0.283. The summed E-state index contributed by atoms with van der Waals surface area (Å²) < 4.78 is 1.58. The van der Waals surface area contributed by atoms with Crippen LogP contribution < -0.4 is 0 Å². The molecule has 0 saturated carbocycles. The fourth-order valence-electron chi connectivity index (χ4n) is 1.81. The zero-order chi connectivity index (χ0) is 11.7. The van der Waals surface area contributed by atoms with E-state index in [0.29, 0.717) is 5.82 Å². The molecular weight excluding hydrogens is 216 g/mol. The summed E-state index contributed by atoms with van der Waals surface area (Å²) in [5.74, 6) is 0.658. The number of hydrogen-bond donors (Lipinski definition) is 1. The van der Waals surface area contributed by atoms with Gasteiger partial charge in [0.05, 0.1) is 12.1 Å². The number of rotatable bonds is 2. The molecule has 0 amide bonds. The molecule has 2 aromatic heterocycles. The second kappa shape index (κ2) is 3.95. The summed E-state index contributed by atoms with van der Waals surface area (Å²) in [6.45, 7) is -0.0231. The molecule has 0 unspecified atom stereocenters. The van der Waals surface area contributed by atoms with Crippen molar-refractivity contribution in [2.75, 3.05) is 0 Å². The van der Waals surface area contributed by atoms with Crippen molar-refractivity contribution in [1.29, 1.82) is 0 Å². The first-order chi connectivity index (χ1) is 8.38. The van der Waals surface area contributed by atoms with Crippen molar-refractivity contribution in [1.82, 2.24) is 19.7 Å². The first-order valence-electron chi connectivity index (χ1n) is 5.23. The number of aromatic nitrogens is 4. The minimum absolute atomic E-state index is 0.0231. The molecule has 0 fully saturated rings. The smallest absolute Gasteiger partial charge is 0.156 e. The van der Waals surface area contributed by atoms with Crippen molar-refractivity contribution in [3.05, 3.63) is 48.5 Å². The third kappa shape index (κ3) is 1.66. The van der Waals surface area contributed by atoms with E-state index in [9.17, 15) is 5.11 Å². The molecule has 0 bridgehead atoms. The fourth-order valence-corrected chi connectivity index (χ4v) is 1.81. The van der Waals surface area contributed by atoms with E-state index in [4.69, 9.17) is 0 Å². The molecule has 0 aliphatic carbocycles. The Labute approximate surface area is 97.4 Å². The van der Waals surface area contributed by atoms with Gasteiger partial charge < -0.3 is 5.11 Å². The topological polar surface area (TPSA) is 63.8 Å². The molecule has 0 atom stereocenters. The van der Waals surface area contributed by atoms with Crippen LogP contribution >= 0.6 is 0 Å². The molecule has 0 aliphatic heterocycles. The van der Waals surface area contributed by atoms with E-state index in [-0.39, 0.29) is 6.61 Å². The molecule has 3 aromatic rings. The molecule has 5 heteroatoms. The number of aliphatic hydroxyl groups excluding tert-OH is 1. The van der Waals surface area contributed by atoms with Gasteiger partial charge in [-0.3, -0.25) is 0 Å². The minimum atomic E-state index is -0.0231. The maximum absolute atomic E-state index is 9.38. The predicted octanol–water partition coefficient (Wildman–Crippen LogP) is 1.31. The van der Waals surface area contributed by atoms with Gasteiger partial charge >= 0.3 is 0 Å². The molecule has 0 spiro atoms. The Morgan fingerprint density at radius 2 is 2.12 bits per heavy atom. The molecular formula is C12H10N4O. The van der Waals surface area contributed by atoms with Crippen molar-refractivity contribution in [3.8, 4) is 5.82 Å². The third-order valence-electron chi connectivity index (χ3n) is 2.61. The predicted molar refractivity (Wildman–Crippen MR) is 62.6 cm³/mol. The van der Waals surface area contributed by atoms with Gasteiger partial charge in [0, 0.05) is 5.39 Å². The quantitative estimate of drug-likeness (QED) is 0.715. The van der Waals surface area contributed by atoms with E-state index in [1.807, 2.05) is 30.3 Å². The van der Waals surface area contributed by atoms with E-state index < -0.39 is 0 Å². The van der Waals surface area contributed by atoms with E-state index in [1.54, 1.807) is 11.0 Å². The second-order valence-electron chi connectivity index (χ2n) is 3.65. The van der Waals surface area contributed by atoms with Crippen LogP contribution in [0.5, 0.6) is 0 Å². The van der Waals surface area contributed by atoms with Gasteiger partial charge in [0.1, 0.15) is 12.7 Å². The second-order valence-corrected chi connectivity index (χ2v) is 3.65. The van der Waals surface area contributed by atoms with Crippen LogP contribution in [0.2, 0.25) is 0 Å². The zero-order valence-corrected chi connectivity index (χ0v) is 8.98. The van der Waals surface area contributed by atoms with Gasteiger partial charge in [-0.05, 0) is 17.7 Å². The van der Waals surface area contributed by atoms with E-state index in [0.717, 1.165) is 16.5 Å². The Morgan fingerprint density at radius 1 is 1.24 bits per heavy atom. The molecule has 1 aromatic carbocycles. The Kier molecular flexibility index (Phi) is 2.31. The van der Waals surface area contributed by atoms with Crippen LogP contribution in [0.1, 0.15) is 5.56 Å². The van der Waals surface area contributed by atoms with E-state index in [2.05, 4.69) is 15.1 Å². The Balaban J connectivity index is 2.28. The number of nitrogens with zero attached hydrogens (tertiary/aromatic N) is 4. The normalized spacial score (nSPS) is 10.9. The van der Waals surface area contributed by atoms with Crippen LogP contribution in [0.15, 0.2) is 43.0 Å². The fraction of sp³-hybridized carbons (Fsp3) is 0.0833. The first-order valence-corrected chi connectivity index (χ1v) is 5.23. The minimum Gasteiger partial charge on any atom is -0.392 e. The third-order valence-corrected chi connectivity index (χ3v) is 2.61. The van der Waals surface area contributed by atoms with Crippen molar-refractivity contribution >= 4 is 10.9 Å². The van der Waals surface area contributed by atoms with Crippen LogP contribution in [0.3, 0.4) is 0 Å². The summed E-state index contributed by atoms with van der Waals surface area (Å²) in [6.07, 6.45) is 3.04. The maximum atomic E-state index is 9.38. The SMILES string of the molecule is OCc1cc(-n2cncn2)nc2ccccc12. The van der Waals surface area contributed by atoms with Crippen LogP contribution in [0, 0.1) is 0 Å². The summed E-state index contributed by atoms with van der Waals surface area (Å²) >= 11 is 0. The monoisotopic (exact) mass is 226 g/mol. The average Bonchev–Trinajstić information content (AvgIpc) is 2.91. The molecule has 2 heterocycles. The van der Waals surface area contributed by atoms with E-state index in [1.165, 1.54) is 6.33 Å². The highest BCUT2D eigenvalue weighted by Crippen LogP contribution is 2.19. The van der Waals surface area contributed by atoms with Gasteiger partial charge in [0.2, 0.25) is 0 Å². The van der Waals surface area contributed by atoms with Crippen LogP contribution in [0.4, 0.5) is 0 Å². The van der Waals surface area contributed by atoms with Gasteiger partial charge in [-0.25, -0.2) is 14.6 Å². The van der Waals surface area contributed by atoms with Crippen LogP contribution in [-0.2, 0) is 6.61 Å². The maximum Gasteiger partial charge on any atom is 0.156 e. The lowest BCUT2D eigenvalue weighted by Crippen LogP contribution is -2.00. The zero-order valence-electron chi connectivity index (χ0n) is 8.98. The number of fused-ring (bicyclic) bond motifs is 1. The molecule has 1 N–H and O–H groups in total. The van der Waals surface area contributed by atoms with Crippen LogP contribution in [-0.4, -0.2) is 24.9 Å². The molecule has 3 rings (SSSR count). The number of aliphatic hydroxyl groups is 1. The lowest BCUT2D eigenvalue weighted by atomic mass is 10.1. The van der Waals surface area contributed by atoms with Crippen LogP contribution in [0.25, 0.3) is 16.7 Å². The number of hydrogen-bond acceptors (Lipinski definition) is 4. The highest BCUT2D eigenvalue weighted by Gasteiger charge is 2.06. The summed E-state index contributed by atoms with van der Waals surface area (Å²) in [4.78, 5) is 8.36. The molecule has 0 aliphatic rings. The molecule has 84 valence electrons. The molecule has 0 saturated heterocycles. The van der Waals surface area contributed by atoms with Gasteiger partial charge in [0.25, 0.3) is 0 Å². The van der Waals surface area contributed by atoms with Gasteiger partial charge in [-0.15, -0.1) is 0 Å². The van der Waals surface area contributed by atoms with E-state index >= 15 is 0 Å². The van der Waals surface area contributed by atoms with Gasteiger partial charge in [0.15, 0.2) is 5.82 Å². The van der Waals surface area contributed by atoms with Crippen molar-refractivity contribution in [2.24, 2.45) is 0 Å². The molecule has 5 nitrogen and oxygen atoms in total. The Morgan fingerprint density at radius 3 is 2.88 bits per heavy atom. The summed E-state index contributed by atoms with van der Waals surface area (Å²) in [7, 11) is 0. The Hall–Kier alpha value is -2.27. The highest BCUT2D eigenvalue weighted by atomic mass is 16.3. The van der Waals surface area contributed by atoms with Gasteiger partial charge in [-0.2, -0.15) is 5.10 Å². The lowest BCUT2D eigenvalue weighted by Gasteiger charge is -2.06. The van der Waals surface area contributed by atoms with Crippen molar-refractivity contribution in [2.45, 2.75) is 6.61 Å². The number of para-hydroxylation sites is 1. The molecule has 17 heavy (non-hydrogen) atoms. The first kappa shape index (κ1) is 9.92. The summed E-state index contributed by atoms with van der Waals surface area (Å²) in [6, 6.07) is 9.52. The molecule has 0 radical (unpaired) electrons. The standard InChI is InChI=1S/C12H10N4O/c17-6-9-5-12(16-8-13-7-14-16)15-11-4-2-1-3-10(9)11/h1-5,7-8,17H,6H2. The largest absolute Gasteiger partial charge is 0.392 e. The Bertz CT molecular complexity index is 649. The van der Waals surface area contributed by atoms with Gasteiger partial charge in [-0.1, -0.05) is 18.2 Å².